The van der Waals surface area contributed by atoms with E-state index in [0.717, 1.165) is 6.20 Å². The summed E-state index contributed by atoms with van der Waals surface area (Å²) in [5, 5.41) is 3.83. The molecule has 0 atom stereocenters. The first-order chi connectivity index (χ1) is 10.2. The number of benzene rings is 1. The highest BCUT2D eigenvalue weighted by Crippen LogP contribution is 2.31. The van der Waals surface area contributed by atoms with E-state index >= 15 is 0 Å². The molecule has 0 unspecified atom stereocenters. The smallest absolute Gasteiger partial charge is 0.262 e. The number of rotatable bonds is 3. The zero-order chi connectivity index (χ0) is 14.8. The Balaban J connectivity index is 2.00. The molecule has 6 nitrogen and oxygen atoms in total. The molecular formula is C14H11FN4O2. The molecule has 3 rings (SSSR count). The summed E-state index contributed by atoms with van der Waals surface area (Å²) in [7, 11) is 1.52. The predicted molar refractivity (Wildman–Crippen MR) is 73.9 cm³/mol. The molecule has 0 aliphatic carbocycles. The van der Waals surface area contributed by atoms with E-state index in [9.17, 15) is 4.39 Å². The van der Waals surface area contributed by atoms with Crippen LogP contribution in [0.25, 0.3) is 23.0 Å². The third-order valence-electron chi connectivity index (χ3n) is 2.84. The molecule has 106 valence electrons. The Hall–Kier alpha value is -2.96. The van der Waals surface area contributed by atoms with Gasteiger partial charge in [-0.2, -0.15) is 4.98 Å². The summed E-state index contributed by atoms with van der Waals surface area (Å²) in [4.78, 5) is 8.14. The number of nitrogens with zero attached hydrogens (tertiary/aromatic N) is 3. The van der Waals surface area contributed by atoms with Gasteiger partial charge in [-0.3, -0.25) is 0 Å². The van der Waals surface area contributed by atoms with Crippen LogP contribution in [0.1, 0.15) is 0 Å². The Morgan fingerprint density at radius 2 is 2.10 bits per heavy atom. The molecule has 7 heteroatoms. The van der Waals surface area contributed by atoms with Crippen LogP contribution in [-0.4, -0.2) is 22.2 Å². The van der Waals surface area contributed by atoms with Gasteiger partial charge in [-0.25, -0.2) is 9.37 Å². The molecule has 21 heavy (non-hydrogen) atoms. The fourth-order valence-corrected chi connectivity index (χ4v) is 1.83. The van der Waals surface area contributed by atoms with Crippen molar-refractivity contribution in [1.82, 2.24) is 15.1 Å². The molecule has 0 amide bonds. The molecule has 0 radical (unpaired) electrons. The van der Waals surface area contributed by atoms with Crippen molar-refractivity contribution in [1.29, 1.82) is 0 Å². The monoisotopic (exact) mass is 286 g/mol. The summed E-state index contributed by atoms with van der Waals surface area (Å²) in [5.41, 5.74) is 7.30. The summed E-state index contributed by atoms with van der Waals surface area (Å²) in [6.45, 7) is 0. The summed E-state index contributed by atoms with van der Waals surface area (Å²) in [6, 6.07) is 7.85. The highest BCUT2D eigenvalue weighted by Gasteiger charge is 2.15. The van der Waals surface area contributed by atoms with Crippen LogP contribution in [0, 0.1) is 5.82 Å². The van der Waals surface area contributed by atoms with Gasteiger partial charge in [0.05, 0.1) is 18.9 Å². The van der Waals surface area contributed by atoms with E-state index in [4.69, 9.17) is 15.0 Å². The van der Waals surface area contributed by atoms with Gasteiger partial charge in [0.15, 0.2) is 0 Å². The maximum atomic E-state index is 12.9. The standard InChI is InChI=1S/C14H11FN4O2/c1-20-12-6-9(16)3-4-10(12)14-18-13(19-21-14)11-5-2-8(15)7-17-11/h2-7H,16H2,1H3. The number of pyridine rings is 1. The van der Waals surface area contributed by atoms with E-state index in [1.807, 2.05) is 0 Å². The Morgan fingerprint density at radius 3 is 2.81 bits per heavy atom. The number of ether oxygens (including phenoxy) is 1. The lowest BCUT2D eigenvalue weighted by molar-refractivity contribution is 0.405. The molecule has 2 heterocycles. The SMILES string of the molecule is COc1cc(N)ccc1-c1nc(-c2ccc(F)cn2)no1. The number of aromatic nitrogens is 3. The number of methoxy groups -OCH3 is 1. The molecule has 0 bridgehead atoms. The van der Waals surface area contributed by atoms with E-state index in [1.54, 1.807) is 18.2 Å². The molecule has 2 N–H and O–H groups in total. The average molecular weight is 286 g/mol. The van der Waals surface area contributed by atoms with Crippen molar-refractivity contribution >= 4 is 5.69 Å². The Bertz CT molecular complexity index is 771. The lowest BCUT2D eigenvalue weighted by atomic mass is 10.2. The van der Waals surface area contributed by atoms with Crippen LogP contribution >= 0.6 is 0 Å². The van der Waals surface area contributed by atoms with Gasteiger partial charge >= 0.3 is 0 Å². The number of halogens is 1. The molecule has 0 aliphatic rings. The number of hydrogen-bond acceptors (Lipinski definition) is 6. The molecular weight excluding hydrogens is 275 g/mol. The number of nitrogens with two attached hydrogens (primary N) is 1. The van der Waals surface area contributed by atoms with E-state index in [-0.39, 0.29) is 11.7 Å². The van der Waals surface area contributed by atoms with Crippen LogP contribution in [0.15, 0.2) is 41.1 Å². The fraction of sp³-hybridized carbons (Fsp3) is 0.0714. The Kier molecular flexibility index (Phi) is 3.23. The minimum absolute atomic E-state index is 0.267. The van der Waals surface area contributed by atoms with Crippen LogP contribution in [0.3, 0.4) is 0 Å². The van der Waals surface area contributed by atoms with Gasteiger partial charge in [0.1, 0.15) is 17.3 Å². The number of hydrogen-bond donors (Lipinski definition) is 1. The Morgan fingerprint density at radius 1 is 1.24 bits per heavy atom. The van der Waals surface area contributed by atoms with Gasteiger partial charge < -0.3 is 15.0 Å². The number of anilines is 1. The van der Waals surface area contributed by atoms with E-state index in [2.05, 4.69) is 15.1 Å². The molecule has 0 spiro atoms. The average Bonchev–Trinajstić information content (AvgIpc) is 2.97. The van der Waals surface area contributed by atoms with Crippen LogP contribution in [0.4, 0.5) is 10.1 Å². The highest BCUT2D eigenvalue weighted by molar-refractivity contribution is 5.67. The van der Waals surface area contributed by atoms with Gasteiger partial charge in [0.2, 0.25) is 5.82 Å². The first kappa shape index (κ1) is 13.0. The van der Waals surface area contributed by atoms with Crippen molar-refractivity contribution in [3.63, 3.8) is 0 Å². The summed E-state index contributed by atoms with van der Waals surface area (Å²) < 4.78 is 23.3. The van der Waals surface area contributed by atoms with Gasteiger partial charge in [-0.05, 0) is 24.3 Å². The van der Waals surface area contributed by atoms with Gasteiger partial charge in [-0.15, -0.1) is 0 Å². The van der Waals surface area contributed by atoms with Gasteiger partial charge in [0, 0.05) is 11.8 Å². The highest BCUT2D eigenvalue weighted by atomic mass is 19.1. The van der Waals surface area contributed by atoms with Crippen molar-refractivity contribution in [2.24, 2.45) is 0 Å². The quantitative estimate of drug-likeness (QED) is 0.744. The minimum Gasteiger partial charge on any atom is -0.496 e. The molecule has 2 aromatic heterocycles. The van der Waals surface area contributed by atoms with Crippen LogP contribution in [-0.2, 0) is 0 Å². The second-order valence-electron chi connectivity index (χ2n) is 4.24. The molecule has 0 saturated carbocycles. The summed E-state index contributed by atoms with van der Waals surface area (Å²) in [5.74, 6) is 0.636. The van der Waals surface area contributed by atoms with E-state index in [1.165, 1.54) is 19.2 Å². The largest absolute Gasteiger partial charge is 0.496 e. The first-order valence-electron chi connectivity index (χ1n) is 6.07. The maximum Gasteiger partial charge on any atom is 0.262 e. The number of nitrogen functional groups attached to an aromatic ring is 1. The zero-order valence-corrected chi connectivity index (χ0v) is 11.1. The van der Waals surface area contributed by atoms with Gasteiger partial charge in [0.25, 0.3) is 5.89 Å². The second-order valence-corrected chi connectivity index (χ2v) is 4.24. The molecule has 0 fully saturated rings. The van der Waals surface area contributed by atoms with E-state index in [0.29, 0.717) is 22.7 Å². The van der Waals surface area contributed by atoms with Crippen molar-refractivity contribution in [3.05, 3.63) is 42.3 Å². The summed E-state index contributed by atoms with van der Waals surface area (Å²) >= 11 is 0. The van der Waals surface area contributed by atoms with E-state index < -0.39 is 5.82 Å². The first-order valence-corrected chi connectivity index (χ1v) is 6.07. The van der Waals surface area contributed by atoms with Crippen molar-refractivity contribution in [2.45, 2.75) is 0 Å². The normalized spacial score (nSPS) is 10.6. The maximum absolute atomic E-state index is 12.9. The van der Waals surface area contributed by atoms with Crippen LogP contribution < -0.4 is 10.5 Å². The molecule has 0 aliphatic heterocycles. The van der Waals surface area contributed by atoms with Gasteiger partial charge in [-0.1, -0.05) is 5.16 Å². The molecule has 3 aromatic rings. The summed E-state index contributed by atoms with van der Waals surface area (Å²) in [6.07, 6.45) is 1.09. The van der Waals surface area contributed by atoms with Crippen molar-refractivity contribution in [2.75, 3.05) is 12.8 Å². The van der Waals surface area contributed by atoms with Crippen molar-refractivity contribution < 1.29 is 13.7 Å². The fourth-order valence-electron chi connectivity index (χ4n) is 1.83. The zero-order valence-electron chi connectivity index (χ0n) is 11.1. The van der Waals surface area contributed by atoms with Crippen LogP contribution in [0.5, 0.6) is 5.75 Å². The third-order valence-corrected chi connectivity index (χ3v) is 2.84. The second kappa shape index (κ2) is 5.20. The Labute approximate surface area is 119 Å². The van der Waals surface area contributed by atoms with Crippen LogP contribution in [0.2, 0.25) is 0 Å². The molecule has 0 saturated heterocycles. The lowest BCUT2D eigenvalue weighted by Crippen LogP contribution is -1.91. The third kappa shape index (κ3) is 2.53. The van der Waals surface area contributed by atoms with Crippen molar-refractivity contribution in [3.8, 4) is 28.7 Å². The lowest BCUT2D eigenvalue weighted by Gasteiger charge is -2.05. The minimum atomic E-state index is -0.428. The topological polar surface area (TPSA) is 87.1 Å². The molecule has 1 aromatic carbocycles. The predicted octanol–water partition coefficient (Wildman–Crippen LogP) is 2.53.